The fourth-order valence-electron chi connectivity index (χ4n) is 2.80. The Labute approximate surface area is 143 Å². The summed E-state index contributed by atoms with van der Waals surface area (Å²) < 4.78 is 48.0. The van der Waals surface area contributed by atoms with Crippen LogP contribution in [-0.2, 0) is 10.1 Å². The Hall–Kier alpha value is -1.83. The molecule has 0 spiro atoms. The van der Waals surface area contributed by atoms with Crippen molar-refractivity contribution in [2.24, 2.45) is 0 Å². The Balaban J connectivity index is 2.50. The van der Waals surface area contributed by atoms with Gasteiger partial charge in [-0.25, -0.2) is 18.0 Å². The van der Waals surface area contributed by atoms with Crippen molar-refractivity contribution in [3.05, 3.63) is 45.0 Å². The zero-order valence-corrected chi connectivity index (χ0v) is 14.3. The molecule has 0 aliphatic heterocycles. The van der Waals surface area contributed by atoms with Crippen molar-refractivity contribution >= 4 is 32.8 Å². The van der Waals surface area contributed by atoms with Crippen LogP contribution in [0, 0.1) is 17.5 Å². The van der Waals surface area contributed by atoms with E-state index in [-0.39, 0.29) is 40.1 Å². The number of esters is 1. The van der Waals surface area contributed by atoms with E-state index in [1.54, 1.807) is 6.92 Å². The molecule has 1 fully saturated rings. The van der Waals surface area contributed by atoms with Gasteiger partial charge < -0.3 is 9.30 Å². The van der Waals surface area contributed by atoms with E-state index >= 15 is 0 Å². The van der Waals surface area contributed by atoms with Gasteiger partial charge in [0.15, 0.2) is 17.5 Å². The van der Waals surface area contributed by atoms with Crippen molar-refractivity contribution in [2.45, 2.75) is 31.1 Å². The molecule has 0 unspecified atom stereocenters. The van der Waals surface area contributed by atoms with Crippen LogP contribution in [0.25, 0.3) is 10.9 Å². The van der Waals surface area contributed by atoms with Gasteiger partial charge in [0.25, 0.3) is 0 Å². The summed E-state index contributed by atoms with van der Waals surface area (Å²) in [6.07, 6.45) is 1.39. The molecule has 1 saturated carbocycles. The van der Waals surface area contributed by atoms with Gasteiger partial charge in [0, 0.05) is 17.1 Å². The van der Waals surface area contributed by atoms with Gasteiger partial charge in [-0.05, 0) is 25.8 Å². The maximum absolute atomic E-state index is 14.4. The smallest absolute Gasteiger partial charge is 0.343 e. The van der Waals surface area contributed by atoms with Crippen molar-refractivity contribution in [1.82, 2.24) is 4.57 Å². The number of fused-ring (bicyclic) bond motifs is 1. The number of rotatable bonds is 4. The molecule has 0 radical (unpaired) electrons. The van der Waals surface area contributed by atoms with Gasteiger partial charge in [-0.2, -0.15) is 0 Å². The predicted molar refractivity (Wildman–Crippen MR) is 84.9 cm³/mol. The topological polar surface area (TPSA) is 48.3 Å². The van der Waals surface area contributed by atoms with E-state index in [0.717, 1.165) is 0 Å². The van der Waals surface area contributed by atoms with Crippen molar-refractivity contribution in [3.8, 4) is 0 Å². The summed E-state index contributed by atoms with van der Waals surface area (Å²) in [6.45, 7) is 1.63. The van der Waals surface area contributed by atoms with E-state index in [0.29, 0.717) is 18.9 Å². The Morgan fingerprint density at radius 2 is 2.00 bits per heavy atom. The maximum atomic E-state index is 14.4. The highest BCUT2D eigenvalue weighted by atomic mass is 79.9. The summed E-state index contributed by atoms with van der Waals surface area (Å²) >= 11 is 3.19. The monoisotopic (exact) mass is 403 g/mol. The van der Waals surface area contributed by atoms with Crippen LogP contribution < -0.4 is 5.43 Å². The van der Waals surface area contributed by atoms with Crippen LogP contribution in [0.3, 0.4) is 0 Å². The molecule has 0 saturated heterocycles. The van der Waals surface area contributed by atoms with E-state index in [4.69, 9.17) is 4.74 Å². The zero-order valence-electron chi connectivity index (χ0n) is 12.7. The lowest BCUT2D eigenvalue weighted by atomic mass is 10.1. The number of aromatic nitrogens is 1. The molecule has 128 valence electrons. The lowest BCUT2D eigenvalue weighted by Crippen LogP contribution is -2.26. The lowest BCUT2D eigenvalue weighted by Gasteiger charge is -2.19. The molecule has 1 aliphatic carbocycles. The number of pyridine rings is 1. The molecule has 1 aromatic heterocycles. The summed E-state index contributed by atoms with van der Waals surface area (Å²) in [5.41, 5.74) is -1.26. The van der Waals surface area contributed by atoms with E-state index < -0.39 is 28.8 Å². The van der Waals surface area contributed by atoms with Crippen LogP contribution in [0.5, 0.6) is 0 Å². The summed E-state index contributed by atoms with van der Waals surface area (Å²) in [5, 5.41) is -0.299. The summed E-state index contributed by atoms with van der Waals surface area (Å²) in [7, 11) is 0. The standard InChI is InChI=1S/C16H13BrF3NO3/c1-2-24-16(23)11-10(6-17)21(7-3-4-7)14-8(15(11)22)5-9(18)12(19)13(14)20/h5,7H,2-4,6H2,1H3. The van der Waals surface area contributed by atoms with Crippen LogP contribution in [0.2, 0.25) is 0 Å². The number of alkyl halides is 1. The second-order valence-corrected chi connectivity index (χ2v) is 6.05. The van der Waals surface area contributed by atoms with Crippen LogP contribution in [-0.4, -0.2) is 17.1 Å². The number of hydrogen-bond acceptors (Lipinski definition) is 3. The van der Waals surface area contributed by atoms with Crippen molar-refractivity contribution in [3.63, 3.8) is 0 Å². The second kappa shape index (κ2) is 6.23. The number of carbonyl (C=O) groups is 1. The highest BCUT2D eigenvalue weighted by Gasteiger charge is 2.33. The fraction of sp³-hybridized carbons (Fsp3) is 0.375. The first kappa shape index (κ1) is 17.0. The Kier molecular flexibility index (Phi) is 4.42. The highest BCUT2D eigenvalue weighted by Crippen LogP contribution is 2.40. The Morgan fingerprint density at radius 1 is 1.33 bits per heavy atom. The molecule has 0 amide bonds. The zero-order chi connectivity index (χ0) is 17.6. The van der Waals surface area contributed by atoms with Gasteiger partial charge in [0.2, 0.25) is 5.43 Å². The number of hydrogen-bond donors (Lipinski definition) is 0. The van der Waals surface area contributed by atoms with Gasteiger partial charge in [0.1, 0.15) is 5.56 Å². The molecular weight excluding hydrogens is 391 g/mol. The van der Waals surface area contributed by atoms with Gasteiger partial charge >= 0.3 is 5.97 Å². The second-order valence-electron chi connectivity index (χ2n) is 5.49. The number of carbonyl (C=O) groups excluding carboxylic acids is 1. The summed E-state index contributed by atoms with van der Waals surface area (Å²) in [4.78, 5) is 24.8. The highest BCUT2D eigenvalue weighted by molar-refractivity contribution is 9.08. The van der Waals surface area contributed by atoms with Crippen LogP contribution in [0.4, 0.5) is 13.2 Å². The largest absolute Gasteiger partial charge is 0.462 e. The molecule has 4 nitrogen and oxygen atoms in total. The molecule has 1 aromatic carbocycles. The number of ether oxygens (including phenoxy) is 1. The number of halogens is 4. The molecular formula is C16H13BrF3NO3. The predicted octanol–water partition coefficient (Wildman–Crippen LogP) is 3.83. The quantitative estimate of drug-likeness (QED) is 0.442. The Morgan fingerprint density at radius 3 is 2.54 bits per heavy atom. The minimum absolute atomic E-state index is 0.0492. The molecule has 24 heavy (non-hydrogen) atoms. The fourth-order valence-corrected chi connectivity index (χ4v) is 3.35. The van der Waals surface area contributed by atoms with E-state index in [9.17, 15) is 22.8 Å². The van der Waals surface area contributed by atoms with E-state index in [1.165, 1.54) is 4.57 Å². The van der Waals surface area contributed by atoms with Gasteiger partial charge in [-0.15, -0.1) is 0 Å². The Bertz CT molecular complexity index is 906. The first-order valence-corrected chi connectivity index (χ1v) is 8.52. The normalized spacial score (nSPS) is 14.2. The lowest BCUT2D eigenvalue weighted by molar-refractivity contribution is 0.0523. The minimum atomic E-state index is -1.64. The maximum Gasteiger partial charge on any atom is 0.343 e. The number of benzene rings is 1. The van der Waals surface area contributed by atoms with E-state index in [2.05, 4.69) is 15.9 Å². The minimum Gasteiger partial charge on any atom is -0.462 e. The molecule has 0 bridgehead atoms. The molecule has 2 aromatic rings. The van der Waals surface area contributed by atoms with Crippen LogP contribution >= 0.6 is 15.9 Å². The molecule has 1 aliphatic rings. The van der Waals surface area contributed by atoms with Crippen molar-refractivity contribution in [1.29, 1.82) is 0 Å². The number of nitrogens with zero attached hydrogens (tertiary/aromatic N) is 1. The average Bonchev–Trinajstić information content (AvgIpc) is 3.37. The van der Waals surface area contributed by atoms with E-state index in [1.807, 2.05) is 0 Å². The SMILES string of the molecule is CCOC(=O)c1c(CBr)n(C2CC2)c2c(F)c(F)c(F)cc2c1=O. The summed E-state index contributed by atoms with van der Waals surface area (Å²) in [6, 6.07) is 0.462. The molecule has 8 heteroatoms. The van der Waals surface area contributed by atoms with Crippen LogP contribution in [0.1, 0.15) is 41.9 Å². The average molecular weight is 404 g/mol. The van der Waals surface area contributed by atoms with Gasteiger partial charge in [0.05, 0.1) is 17.5 Å². The molecule has 3 rings (SSSR count). The third kappa shape index (κ3) is 2.53. The van der Waals surface area contributed by atoms with Gasteiger partial charge in [-0.3, -0.25) is 4.79 Å². The summed E-state index contributed by atoms with van der Waals surface area (Å²) in [5.74, 6) is -5.40. The molecule has 0 N–H and O–H groups in total. The van der Waals surface area contributed by atoms with Crippen LogP contribution in [0.15, 0.2) is 10.9 Å². The first-order valence-electron chi connectivity index (χ1n) is 7.40. The first-order chi connectivity index (χ1) is 11.4. The van der Waals surface area contributed by atoms with Crippen molar-refractivity contribution < 1.29 is 22.7 Å². The third-order valence-corrected chi connectivity index (χ3v) is 4.48. The van der Waals surface area contributed by atoms with Crippen molar-refractivity contribution in [2.75, 3.05) is 6.61 Å². The molecule has 1 heterocycles. The van der Waals surface area contributed by atoms with Gasteiger partial charge in [-0.1, -0.05) is 15.9 Å². The third-order valence-electron chi connectivity index (χ3n) is 3.95. The molecule has 0 atom stereocenters.